The lowest BCUT2D eigenvalue weighted by Crippen LogP contribution is -2.28. The van der Waals surface area contributed by atoms with Gasteiger partial charge in [0.15, 0.2) is 0 Å². The number of alkyl halides is 3. The number of rotatable bonds is 3. The van der Waals surface area contributed by atoms with Crippen molar-refractivity contribution in [3.63, 3.8) is 0 Å². The number of carbonyl (C=O) groups is 1. The molecular formula is C15H12ClF3N2O. The van der Waals surface area contributed by atoms with Crippen molar-refractivity contribution < 1.29 is 18.0 Å². The molecule has 2 aromatic rings. The van der Waals surface area contributed by atoms with Gasteiger partial charge in [-0.05, 0) is 29.8 Å². The van der Waals surface area contributed by atoms with E-state index in [2.05, 4.69) is 10.6 Å². The third kappa shape index (κ3) is 4.39. The van der Waals surface area contributed by atoms with Crippen LogP contribution in [0.25, 0.3) is 0 Å². The lowest BCUT2D eigenvalue weighted by atomic mass is 10.2. The summed E-state index contributed by atoms with van der Waals surface area (Å²) in [6.07, 6.45) is -4.45. The molecule has 2 amide bonds. The van der Waals surface area contributed by atoms with E-state index >= 15 is 0 Å². The summed E-state index contributed by atoms with van der Waals surface area (Å²) in [5.41, 5.74) is -0.0498. The van der Waals surface area contributed by atoms with E-state index in [4.69, 9.17) is 11.6 Å². The van der Waals surface area contributed by atoms with E-state index in [1.54, 1.807) is 24.3 Å². The van der Waals surface area contributed by atoms with Crippen LogP contribution in [-0.4, -0.2) is 6.03 Å². The Labute approximate surface area is 130 Å². The highest BCUT2D eigenvalue weighted by atomic mass is 35.5. The van der Waals surface area contributed by atoms with Gasteiger partial charge in [-0.3, -0.25) is 0 Å². The standard InChI is InChI=1S/C15H12ClF3N2O/c16-13-7-2-1-4-10(13)9-20-14(22)21-12-6-3-5-11(8-12)15(17,18)19/h1-8H,9H2,(H2,20,21,22). The SMILES string of the molecule is O=C(NCc1ccccc1Cl)Nc1cccc(C(F)(F)F)c1. The third-order valence-electron chi connectivity index (χ3n) is 2.85. The Morgan fingerprint density at radius 3 is 2.50 bits per heavy atom. The molecule has 0 aliphatic carbocycles. The Kier molecular flexibility index (Phi) is 4.92. The number of hydrogen-bond donors (Lipinski definition) is 2. The molecule has 22 heavy (non-hydrogen) atoms. The van der Waals surface area contributed by atoms with E-state index in [-0.39, 0.29) is 12.2 Å². The zero-order valence-electron chi connectivity index (χ0n) is 11.2. The molecule has 2 aromatic carbocycles. The van der Waals surface area contributed by atoms with Gasteiger partial charge >= 0.3 is 12.2 Å². The van der Waals surface area contributed by atoms with Crippen LogP contribution < -0.4 is 10.6 Å². The van der Waals surface area contributed by atoms with Gasteiger partial charge in [0.2, 0.25) is 0 Å². The molecule has 0 heterocycles. The van der Waals surface area contributed by atoms with Crippen LogP contribution in [0.15, 0.2) is 48.5 Å². The Bertz CT molecular complexity index is 674. The van der Waals surface area contributed by atoms with Gasteiger partial charge in [0.1, 0.15) is 0 Å². The molecule has 3 nitrogen and oxygen atoms in total. The van der Waals surface area contributed by atoms with E-state index in [9.17, 15) is 18.0 Å². The van der Waals surface area contributed by atoms with Gasteiger partial charge in [-0.1, -0.05) is 35.9 Å². The minimum absolute atomic E-state index is 0.0616. The number of nitrogens with one attached hydrogen (secondary N) is 2. The zero-order chi connectivity index (χ0) is 16.2. The summed E-state index contributed by atoms with van der Waals surface area (Å²) in [4.78, 5) is 11.7. The van der Waals surface area contributed by atoms with Crippen molar-refractivity contribution in [3.8, 4) is 0 Å². The molecule has 0 aliphatic heterocycles. The van der Waals surface area contributed by atoms with Gasteiger partial charge in [-0.2, -0.15) is 13.2 Å². The molecule has 2 rings (SSSR count). The maximum atomic E-state index is 12.6. The molecule has 0 atom stereocenters. The highest BCUT2D eigenvalue weighted by molar-refractivity contribution is 6.31. The first-order chi connectivity index (χ1) is 10.4. The van der Waals surface area contributed by atoms with Gasteiger partial charge in [-0.25, -0.2) is 4.79 Å². The van der Waals surface area contributed by atoms with Crippen LogP contribution in [0.2, 0.25) is 5.02 Å². The number of halogens is 4. The monoisotopic (exact) mass is 328 g/mol. The molecule has 0 saturated heterocycles. The maximum absolute atomic E-state index is 12.6. The summed E-state index contributed by atoms with van der Waals surface area (Å²) in [7, 11) is 0. The van der Waals surface area contributed by atoms with Crippen LogP contribution in [0, 0.1) is 0 Å². The fourth-order valence-electron chi connectivity index (χ4n) is 1.77. The Hall–Kier alpha value is -2.21. The zero-order valence-corrected chi connectivity index (χ0v) is 12.0. The molecule has 2 N–H and O–H groups in total. The van der Waals surface area contributed by atoms with Crippen molar-refractivity contribution in [3.05, 3.63) is 64.7 Å². The average Bonchev–Trinajstić information content (AvgIpc) is 2.46. The van der Waals surface area contributed by atoms with E-state index < -0.39 is 17.8 Å². The predicted octanol–water partition coefficient (Wildman–Crippen LogP) is 4.68. The molecule has 0 bridgehead atoms. The number of carbonyl (C=O) groups excluding carboxylic acids is 1. The molecule has 0 saturated carbocycles. The first-order valence-electron chi connectivity index (χ1n) is 6.32. The summed E-state index contributed by atoms with van der Waals surface area (Å²) in [6.45, 7) is 0.171. The lowest BCUT2D eigenvalue weighted by Gasteiger charge is -2.11. The molecule has 0 radical (unpaired) electrons. The fourth-order valence-corrected chi connectivity index (χ4v) is 1.97. The number of urea groups is 1. The second-order valence-corrected chi connectivity index (χ2v) is 4.88. The summed E-state index contributed by atoms with van der Waals surface area (Å²) >= 11 is 5.94. The van der Waals surface area contributed by atoms with Crippen LogP contribution in [0.5, 0.6) is 0 Å². The van der Waals surface area contributed by atoms with Crippen LogP contribution in [-0.2, 0) is 12.7 Å². The number of benzene rings is 2. The molecule has 0 fully saturated rings. The highest BCUT2D eigenvalue weighted by Gasteiger charge is 2.30. The second-order valence-electron chi connectivity index (χ2n) is 4.48. The largest absolute Gasteiger partial charge is 0.416 e. The van der Waals surface area contributed by atoms with Gasteiger partial charge < -0.3 is 10.6 Å². The lowest BCUT2D eigenvalue weighted by molar-refractivity contribution is -0.137. The summed E-state index contributed by atoms with van der Waals surface area (Å²) < 4.78 is 37.7. The van der Waals surface area contributed by atoms with Crippen molar-refractivity contribution >= 4 is 23.3 Å². The Morgan fingerprint density at radius 1 is 1.09 bits per heavy atom. The van der Waals surface area contributed by atoms with E-state index in [1.165, 1.54) is 12.1 Å². The molecular weight excluding hydrogens is 317 g/mol. The summed E-state index contributed by atoms with van der Waals surface area (Å²) in [5.74, 6) is 0. The quantitative estimate of drug-likeness (QED) is 0.844. The molecule has 0 unspecified atom stereocenters. The maximum Gasteiger partial charge on any atom is 0.416 e. The minimum Gasteiger partial charge on any atom is -0.334 e. The van der Waals surface area contributed by atoms with Crippen LogP contribution in [0.1, 0.15) is 11.1 Å². The number of hydrogen-bond acceptors (Lipinski definition) is 1. The van der Waals surface area contributed by atoms with Crippen LogP contribution in [0.3, 0.4) is 0 Å². The van der Waals surface area contributed by atoms with Crippen LogP contribution >= 0.6 is 11.6 Å². The highest BCUT2D eigenvalue weighted by Crippen LogP contribution is 2.30. The Morgan fingerprint density at radius 2 is 1.82 bits per heavy atom. The fraction of sp³-hybridized carbons (Fsp3) is 0.133. The average molecular weight is 329 g/mol. The minimum atomic E-state index is -4.45. The predicted molar refractivity (Wildman–Crippen MR) is 78.8 cm³/mol. The van der Waals surface area contributed by atoms with E-state index in [1.807, 2.05) is 0 Å². The third-order valence-corrected chi connectivity index (χ3v) is 3.21. The van der Waals surface area contributed by atoms with Crippen molar-refractivity contribution in [2.75, 3.05) is 5.32 Å². The molecule has 0 aromatic heterocycles. The van der Waals surface area contributed by atoms with Crippen molar-refractivity contribution in [2.24, 2.45) is 0 Å². The van der Waals surface area contributed by atoms with E-state index in [0.717, 1.165) is 12.1 Å². The molecule has 116 valence electrons. The first kappa shape index (κ1) is 16.2. The van der Waals surface area contributed by atoms with Gasteiger partial charge in [0.25, 0.3) is 0 Å². The number of amides is 2. The normalized spacial score (nSPS) is 11.1. The smallest absolute Gasteiger partial charge is 0.334 e. The molecule has 0 spiro atoms. The Balaban J connectivity index is 1.97. The van der Waals surface area contributed by atoms with E-state index in [0.29, 0.717) is 10.6 Å². The van der Waals surface area contributed by atoms with Gasteiger partial charge in [0, 0.05) is 17.3 Å². The number of anilines is 1. The molecule has 7 heteroatoms. The second kappa shape index (κ2) is 6.70. The van der Waals surface area contributed by atoms with Crippen LogP contribution in [0.4, 0.5) is 23.7 Å². The summed E-state index contributed by atoms with van der Waals surface area (Å²) in [6, 6.07) is 10.8. The van der Waals surface area contributed by atoms with Crippen molar-refractivity contribution in [1.82, 2.24) is 5.32 Å². The molecule has 0 aliphatic rings. The van der Waals surface area contributed by atoms with Crippen molar-refractivity contribution in [2.45, 2.75) is 12.7 Å². The van der Waals surface area contributed by atoms with Crippen molar-refractivity contribution in [1.29, 1.82) is 0 Å². The van der Waals surface area contributed by atoms with Gasteiger partial charge in [-0.15, -0.1) is 0 Å². The first-order valence-corrected chi connectivity index (χ1v) is 6.69. The van der Waals surface area contributed by atoms with Gasteiger partial charge in [0.05, 0.1) is 5.56 Å². The summed E-state index contributed by atoms with van der Waals surface area (Å²) in [5, 5.41) is 5.38. The topological polar surface area (TPSA) is 41.1 Å².